The highest BCUT2D eigenvalue weighted by atomic mass is 35.5. The Morgan fingerprint density at radius 3 is 2.55 bits per heavy atom. The number of thiazole rings is 1. The van der Waals surface area contributed by atoms with Crippen LogP contribution in [0.15, 0.2) is 24.3 Å². The van der Waals surface area contributed by atoms with Gasteiger partial charge in [-0.2, -0.15) is 0 Å². The van der Waals surface area contributed by atoms with Crippen molar-refractivity contribution in [3.8, 4) is 16.5 Å². The van der Waals surface area contributed by atoms with Gasteiger partial charge in [0, 0.05) is 11.4 Å². The second-order valence-electron chi connectivity index (χ2n) is 4.36. The minimum atomic E-state index is -0.406. The van der Waals surface area contributed by atoms with E-state index in [0.717, 1.165) is 10.4 Å². The monoisotopic (exact) mass is 339 g/mol. The lowest BCUT2D eigenvalue weighted by Crippen LogP contribution is -2.08. The fourth-order valence-corrected chi connectivity index (χ4v) is 2.70. The summed E-state index contributed by atoms with van der Waals surface area (Å²) in [6.45, 7) is 1.83. The van der Waals surface area contributed by atoms with Gasteiger partial charge in [0.1, 0.15) is 5.01 Å². The van der Waals surface area contributed by atoms with Gasteiger partial charge in [-0.3, -0.25) is 4.79 Å². The van der Waals surface area contributed by atoms with Crippen LogP contribution in [-0.2, 0) is 9.53 Å². The Bertz CT molecular complexity index is 681. The first-order valence-corrected chi connectivity index (χ1v) is 7.83. The van der Waals surface area contributed by atoms with E-state index in [4.69, 9.17) is 16.3 Å². The molecule has 0 saturated carbocycles. The molecular formula is C15H14ClNO4S. The average molecular weight is 340 g/mol. The van der Waals surface area contributed by atoms with Gasteiger partial charge in [0.15, 0.2) is 0 Å². The fraction of sp³-hybridized carbons (Fsp3) is 0.267. The van der Waals surface area contributed by atoms with E-state index in [9.17, 15) is 9.59 Å². The highest BCUT2D eigenvalue weighted by Crippen LogP contribution is 2.32. The summed E-state index contributed by atoms with van der Waals surface area (Å²) in [7, 11) is 1.34. The number of rotatable bonds is 5. The highest BCUT2D eigenvalue weighted by Gasteiger charge is 2.14. The molecule has 0 aliphatic rings. The number of methoxy groups -OCH3 is 1. The first-order valence-electron chi connectivity index (χ1n) is 6.48. The molecule has 0 amide bonds. The normalized spacial score (nSPS) is 10.3. The molecule has 0 saturated heterocycles. The van der Waals surface area contributed by atoms with Crippen LogP contribution in [0.25, 0.3) is 10.6 Å². The molecule has 1 aromatic heterocycles. The van der Waals surface area contributed by atoms with Crippen molar-refractivity contribution in [1.29, 1.82) is 0 Å². The summed E-state index contributed by atoms with van der Waals surface area (Å²) in [5.74, 6) is -0.287. The van der Waals surface area contributed by atoms with Gasteiger partial charge in [-0.1, -0.05) is 12.1 Å². The van der Waals surface area contributed by atoms with E-state index in [1.54, 1.807) is 24.3 Å². The molecular weight excluding hydrogens is 326 g/mol. The first-order chi connectivity index (χ1) is 10.5. The maximum atomic E-state index is 11.5. The molecule has 0 unspecified atom stereocenters. The van der Waals surface area contributed by atoms with Crippen LogP contribution in [0.2, 0.25) is 0 Å². The van der Waals surface area contributed by atoms with Crippen molar-refractivity contribution >= 4 is 34.9 Å². The number of alkyl halides is 1. The molecule has 22 heavy (non-hydrogen) atoms. The average Bonchev–Trinajstić information content (AvgIpc) is 2.88. The van der Waals surface area contributed by atoms with E-state index < -0.39 is 11.9 Å². The molecule has 0 fully saturated rings. The molecule has 1 heterocycles. The lowest BCUT2D eigenvalue weighted by Gasteiger charge is -2.00. The van der Waals surface area contributed by atoms with Crippen LogP contribution in [0.1, 0.15) is 21.7 Å². The van der Waals surface area contributed by atoms with Crippen LogP contribution in [0, 0.1) is 6.92 Å². The van der Waals surface area contributed by atoms with Gasteiger partial charge in [0.25, 0.3) is 0 Å². The van der Waals surface area contributed by atoms with E-state index in [0.29, 0.717) is 16.5 Å². The third kappa shape index (κ3) is 3.84. The molecule has 0 aliphatic carbocycles. The Labute approximate surface area is 136 Å². The Hall–Kier alpha value is -1.92. The Kier molecular flexibility index (Phi) is 5.51. The maximum absolute atomic E-state index is 11.5. The molecule has 0 aliphatic heterocycles. The summed E-state index contributed by atoms with van der Waals surface area (Å²) in [5.41, 5.74) is 1.30. The number of carbonyl (C=O) groups is 2. The summed E-state index contributed by atoms with van der Waals surface area (Å²) in [4.78, 5) is 28.0. The number of aromatic nitrogens is 1. The molecule has 0 N–H and O–H groups in total. The lowest BCUT2D eigenvalue weighted by atomic mass is 10.1. The molecule has 2 rings (SSSR count). The molecule has 0 spiro atoms. The zero-order chi connectivity index (χ0) is 16.1. The van der Waals surface area contributed by atoms with E-state index in [1.165, 1.54) is 18.4 Å². The number of aryl methyl sites for hydroxylation is 1. The topological polar surface area (TPSA) is 65.5 Å². The summed E-state index contributed by atoms with van der Waals surface area (Å²) in [5, 5.41) is 0.711. The minimum absolute atomic E-state index is 0.141. The number of benzene rings is 1. The Balaban J connectivity index is 2.19. The molecule has 5 nitrogen and oxygen atoms in total. The van der Waals surface area contributed by atoms with Crippen LogP contribution >= 0.6 is 22.9 Å². The number of nitrogens with zero attached hydrogens (tertiary/aromatic N) is 1. The van der Waals surface area contributed by atoms with Gasteiger partial charge in [0.2, 0.25) is 5.88 Å². The Morgan fingerprint density at radius 2 is 1.95 bits per heavy atom. The number of hydrogen-bond donors (Lipinski definition) is 0. The number of carbonyl (C=O) groups excluding carboxylic acids is 2. The van der Waals surface area contributed by atoms with E-state index in [2.05, 4.69) is 9.72 Å². The van der Waals surface area contributed by atoms with Crippen molar-refractivity contribution in [2.24, 2.45) is 0 Å². The number of hydrogen-bond acceptors (Lipinski definition) is 6. The van der Waals surface area contributed by atoms with Crippen molar-refractivity contribution in [3.05, 3.63) is 34.7 Å². The molecule has 2 aromatic rings. The zero-order valence-electron chi connectivity index (χ0n) is 12.1. The predicted molar refractivity (Wildman–Crippen MR) is 84.6 cm³/mol. The van der Waals surface area contributed by atoms with Crippen LogP contribution in [0.4, 0.5) is 0 Å². The summed E-state index contributed by atoms with van der Waals surface area (Å²) in [6, 6.07) is 6.87. The molecule has 0 atom stereocenters. The van der Waals surface area contributed by atoms with Crippen LogP contribution in [0.5, 0.6) is 5.88 Å². The first kappa shape index (κ1) is 16.5. The third-order valence-corrected chi connectivity index (χ3v) is 4.01. The maximum Gasteiger partial charge on any atom is 0.337 e. The van der Waals surface area contributed by atoms with Crippen molar-refractivity contribution < 1.29 is 19.1 Å². The van der Waals surface area contributed by atoms with Gasteiger partial charge in [-0.25, -0.2) is 9.78 Å². The fourth-order valence-electron chi connectivity index (χ4n) is 1.70. The van der Waals surface area contributed by atoms with Crippen molar-refractivity contribution in [2.45, 2.75) is 13.3 Å². The minimum Gasteiger partial charge on any atom is -0.465 e. The van der Waals surface area contributed by atoms with Gasteiger partial charge in [-0.15, -0.1) is 22.9 Å². The highest BCUT2D eigenvalue weighted by molar-refractivity contribution is 7.15. The summed E-state index contributed by atoms with van der Waals surface area (Å²) >= 11 is 6.91. The Morgan fingerprint density at radius 1 is 1.27 bits per heavy atom. The third-order valence-electron chi connectivity index (χ3n) is 2.82. The number of ether oxygens (including phenoxy) is 2. The number of esters is 2. The van der Waals surface area contributed by atoms with Crippen molar-refractivity contribution in [2.75, 3.05) is 13.0 Å². The van der Waals surface area contributed by atoms with Gasteiger partial charge in [-0.05, 0) is 19.1 Å². The van der Waals surface area contributed by atoms with E-state index >= 15 is 0 Å². The van der Waals surface area contributed by atoms with E-state index in [1.807, 2.05) is 6.92 Å². The van der Waals surface area contributed by atoms with Gasteiger partial charge >= 0.3 is 11.9 Å². The van der Waals surface area contributed by atoms with Crippen LogP contribution in [0.3, 0.4) is 0 Å². The summed E-state index contributed by atoms with van der Waals surface area (Å²) in [6.07, 6.45) is 0.141. The van der Waals surface area contributed by atoms with Crippen LogP contribution < -0.4 is 4.74 Å². The number of halogens is 1. The molecule has 7 heteroatoms. The standard InChI is InChI=1S/C15H14ClNO4S/c1-9-13(21-12(18)7-8-16)17-14(22-9)10-3-5-11(6-4-10)15(19)20-2/h3-6H,7-8H2,1-2H3. The zero-order valence-corrected chi connectivity index (χ0v) is 13.7. The second-order valence-corrected chi connectivity index (χ2v) is 5.94. The van der Waals surface area contributed by atoms with Crippen LogP contribution in [-0.4, -0.2) is 29.9 Å². The molecule has 1 aromatic carbocycles. The second kappa shape index (κ2) is 7.38. The van der Waals surface area contributed by atoms with Crippen molar-refractivity contribution in [1.82, 2.24) is 4.98 Å². The van der Waals surface area contributed by atoms with Gasteiger partial charge in [0.05, 0.1) is 24.0 Å². The SMILES string of the molecule is COC(=O)c1ccc(-c2nc(OC(=O)CCCl)c(C)s2)cc1. The smallest absolute Gasteiger partial charge is 0.337 e. The summed E-state index contributed by atoms with van der Waals surface area (Å²) < 4.78 is 9.82. The van der Waals surface area contributed by atoms with Crippen molar-refractivity contribution in [3.63, 3.8) is 0 Å². The molecule has 116 valence electrons. The lowest BCUT2D eigenvalue weighted by molar-refractivity contribution is -0.134. The quantitative estimate of drug-likeness (QED) is 0.616. The van der Waals surface area contributed by atoms with Gasteiger partial charge < -0.3 is 9.47 Å². The molecule has 0 radical (unpaired) electrons. The largest absolute Gasteiger partial charge is 0.465 e. The van der Waals surface area contributed by atoms with E-state index in [-0.39, 0.29) is 12.3 Å². The molecule has 0 bridgehead atoms. The predicted octanol–water partition coefficient (Wildman–Crippen LogP) is 3.44.